The van der Waals surface area contributed by atoms with Gasteiger partial charge in [-0.2, -0.15) is 0 Å². The average Bonchev–Trinajstić information content (AvgIpc) is 1.82. The Hall–Kier alpha value is 1.35. The standard InChI is InChI=1S/C4H12NO2PS.Mo/c1-5(2)9-8(6-3)7-4;/h1-4H3;. The van der Waals surface area contributed by atoms with Crippen molar-refractivity contribution in [3.63, 3.8) is 0 Å². The summed E-state index contributed by atoms with van der Waals surface area (Å²) in [6.07, 6.45) is 0. The van der Waals surface area contributed by atoms with E-state index in [-0.39, 0.29) is 21.1 Å². The van der Waals surface area contributed by atoms with Gasteiger partial charge >= 0.3 is 0 Å². The third-order valence-electron chi connectivity index (χ3n) is 0.528. The molecule has 0 amide bonds. The molecule has 0 aliphatic carbocycles. The van der Waals surface area contributed by atoms with Crippen LogP contribution in [0.1, 0.15) is 0 Å². The van der Waals surface area contributed by atoms with E-state index in [1.54, 1.807) is 25.8 Å². The molecule has 6 heteroatoms. The van der Waals surface area contributed by atoms with Crippen molar-refractivity contribution in [1.29, 1.82) is 0 Å². The smallest absolute Gasteiger partial charge is 0.253 e. The Morgan fingerprint density at radius 2 is 1.60 bits per heavy atom. The van der Waals surface area contributed by atoms with Crippen molar-refractivity contribution < 1.29 is 30.1 Å². The molecular weight excluding hydrogens is 253 g/mol. The van der Waals surface area contributed by atoms with E-state index in [1.165, 1.54) is 0 Å². The number of nitrogens with zero attached hydrogens (tertiary/aromatic N) is 1. The zero-order chi connectivity index (χ0) is 7.28. The summed E-state index contributed by atoms with van der Waals surface area (Å²) in [4.78, 5) is 0. The van der Waals surface area contributed by atoms with Gasteiger partial charge in [0.2, 0.25) is 0 Å². The normalized spacial score (nSPS) is 10.2. The Labute approximate surface area is 81.9 Å². The van der Waals surface area contributed by atoms with E-state index in [2.05, 4.69) is 0 Å². The summed E-state index contributed by atoms with van der Waals surface area (Å²) in [7, 11) is 6.45. The van der Waals surface area contributed by atoms with Crippen LogP contribution in [0.2, 0.25) is 0 Å². The molecule has 0 saturated carbocycles. The molecule has 3 nitrogen and oxygen atoms in total. The van der Waals surface area contributed by atoms with Gasteiger partial charge in [-0.15, -0.1) is 0 Å². The summed E-state index contributed by atoms with van der Waals surface area (Å²) in [5, 5.41) is 0. The summed E-state index contributed by atoms with van der Waals surface area (Å²) in [5.41, 5.74) is 0. The minimum absolute atomic E-state index is 0. The molecule has 0 rings (SSSR count). The van der Waals surface area contributed by atoms with Crippen LogP contribution in [0, 0.1) is 0 Å². The molecular formula is C4H12MoNO2PS. The first-order valence-electron chi connectivity index (χ1n) is 2.44. The van der Waals surface area contributed by atoms with Crippen molar-refractivity contribution in [1.82, 2.24) is 4.31 Å². The molecule has 0 radical (unpaired) electrons. The maximum Gasteiger partial charge on any atom is 0.253 e. The van der Waals surface area contributed by atoms with Crippen LogP contribution in [0.3, 0.4) is 0 Å². The fourth-order valence-corrected chi connectivity index (χ4v) is 2.02. The molecule has 0 aromatic heterocycles. The van der Waals surface area contributed by atoms with Crippen molar-refractivity contribution in [3.05, 3.63) is 0 Å². The van der Waals surface area contributed by atoms with Gasteiger partial charge in [-0.05, 0) is 14.1 Å². The molecule has 0 atom stereocenters. The van der Waals surface area contributed by atoms with E-state index in [4.69, 9.17) is 9.05 Å². The molecule has 0 bridgehead atoms. The third kappa shape index (κ3) is 7.46. The minimum atomic E-state index is -0.753. The van der Waals surface area contributed by atoms with Gasteiger partial charge in [0.1, 0.15) is 0 Å². The maximum atomic E-state index is 4.97. The van der Waals surface area contributed by atoms with Gasteiger partial charge in [0.25, 0.3) is 7.58 Å². The topological polar surface area (TPSA) is 21.7 Å². The summed E-state index contributed by atoms with van der Waals surface area (Å²) in [6, 6.07) is 0. The van der Waals surface area contributed by atoms with Crippen molar-refractivity contribution in [2.45, 2.75) is 0 Å². The summed E-state index contributed by atoms with van der Waals surface area (Å²) in [5.74, 6) is 0. The van der Waals surface area contributed by atoms with Gasteiger partial charge in [0.15, 0.2) is 0 Å². The SMILES string of the molecule is COP(OC)SN(C)C.[Mo]. The van der Waals surface area contributed by atoms with E-state index < -0.39 is 7.58 Å². The van der Waals surface area contributed by atoms with Crippen molar-refractivity contribution >= 4 is 19.1 Å². The van der Waals surface area contributed by atoms with E-state index in [1.807, 2.05) is 18.4 Å². The maximum absolute atomic E-state index is 4.97. The molecule has 0 aromatic rings. The quantitative estimate of drug-likeness (QED) is 0.438. The van der Waals surface area contributed by atoms with Crippen LogP contribution in [-0.4, -0.2) is 32.6 Å². The fraction of sp³-hybridized carbons (Fsp3) is 1.00. The molecule has 10 heavy (non-hydrogen) atoms. The first kappa shape index (κ1) is 13.9. The van der Waals surface area contributed by atoms with Gasteiger partial charge in [-0.1, -0.05) is 0 Å². The molecule has 0 heterocycles. The van der Waals surface area contributed by atoms with E-state index >= 15 is 0 Å². The Kier molecular flexibility index (Phi) is 11.7. The molecule has 0 unspecified atom stereocenters. The summed E-state index contributed by atoms with van der Waals surface area (Å²) in [6.45, 7) is 0. The Balaban J connectivity index is 0. The van der Waals surface area contributed by atoms with Crippen LogP contribution >= 0.6 is 19.1 Å². The van der Waals surface area contributed by atoms with Crippen molar-refractivity contribution in [3.8, 4) is 0 Å². The first-order valence-corrected chi connectivity index (χ1v) is 5.00. The molecule has 0 saturated heterocycles. The first-order chi connectivity index (χ1) is 4.20. The molecule has 0 spiro atoms. The van der Waals surface area contributed by atoms with E-state index in [9.17, 15) is 0 Å². The molecule has 0 aliphatic heterocycles. The predicted molar refractivity (Wildman–Crippen MR) is 42.2 cm³/mol. The molecule has 62 valence electrons. The van der Waals surface area contributed by atoms with Crippen LogP contribution in [0.15, 0.2) is 0 Å². The van der Waals surface area contributed by atoms with Gasteiger partial charge in [0, 0.05) is 46.9 Å². The predicted octanol–water partition coefficient (Wildman–Crippen LogP) is 1.71. The van der Waals surface area contributed by atoms with E-state index in [0.29, 0.717) is 0 Å². The zero-order valence-corrected chi connectivity index (χ0v) is 10.2. The average molecular weight is 265 g/mol. The Morgan fingerprint density at radius 3 is 1.70 bits per heavy atom. The van der Waals surface area contributed by atoms with Crippen LogP contribution < -0.4 is 0 Å². The summed E-state index contributed by atoms with van der Waals surface area (Å²) >= 11 is 1.55. The second-order valence-corrected chi connectivity index (χ2v) is 4.94. The molecule has 0 fully saturated rings. The van der Waals surface area contributed by atoms with Crippen LogP contribution in [0.25, 0.3) is 0 Å². The van der Waals surface area contributed by atoms with Crippen molar-refractivity contribution in [2.75, 3.05) is 28.3 Å². The van der Waals surface area contributed by atoms with Crippen LogP contribution in [0.5, 0.6) is 0 Å². The van der Waals surface area contributed by atoms with Crippen LogP contribution in [-0.2, 0) is 30.1 Å². The second kappa shape index (κ2) is 8.44. The number of hydrogen-bond acceptors (Lipinski definition) is 4. The second-order valence-electron chi connectivity index (χ2n) is 1.48. The Bertz CT molecular complexity index is 74.3. The van der Waals surface area contributed by atoms with Gasteiger partial charge in [-0.25, -0.2) is 4.31 Å². The largest absolute Gasteiger partial charge is 0.329 e. The van der Waals surface area contributed by atoms with E-state index in [0.717, 1.165) is 0 Å². The third-order valence-corrected chi connectivity index (χ3v) is 3.86. The molecule has 0 aromatic carbocycles. The van der Waals surface area contributed by atoms with Gasteiger partial charge in [-0.3, -0.25) is 0 Å². The molecule has 0 aliphatic rings. The van der Waals surface area contributed by atoms with Crippen LogP contribution in [0.4, 0.5) is 0 Å². The summed E-state index contributed by atoms with van der Waals surface area (Å²) < 4.78 is 11.9. The molecule has 0 N–H and O–H groups in total. The van der Waals surface area contributed by atoms with Gasteiger partial charge < -0.3 is 9.05 Å². The van der Waals surface area contributed by atoms with Crippen molar-refractivity contribution in [2.24, 2.45) is 0 Å². The zero-order valence-electron chi connectivity index (χ0n) is 6.53. The number of hydrogen-bond donors (Lipinski definition) is 0. The minimum Gasteiger partial charge on any atom is -0.329 e. The van der Waals surface area contributed by atoms with Gasteiger partial charge in [0.05, 0.1) is 0 Å². The Morgan fingerprint density at radius 1 is 1.20 bits per heavy atom. The fourth-order valence-electron chi connectivity index (χ4n) is 0.275. The monoisotopic (exact) mass is 267 g/mol. The number of rotatable bonds is 4.